The van der Waals surface area contributed by atoms with E-state index in [9.17, 15) is 4.79 Å². The number of benzene rings is 1. The normalized spacial score (nSPS) is 11.3. The van der Waals surface area contributed by atoms with Gasteiger partial charge < -0.3 is 4.98 Å². The summed E-state index contributed by atoms with van der Waals surface area (Å²) in [5.74, 6) is 0.0396. The number of ketones is 1. The van der Waals surface area contributed by atoms with E-state index >= 15 is 0 Å². The van der Waals surface area contributed by atoms with E-state index in [1.54, 1.807) is 13.0 Å². The summed E-state index contributed by atoms with van der Waals surface area (Å²) in [6.45, 7) is 1.55. The van der Waals surface area contributed by atoms with Gasteiger partial charge in [0.1, 0.15) is 5.65 Å². The highest BCUT2D eigenvalue weighted by atomic mass is 16.1. The van der Waals surface area contributed by atoms with E-state index in [0.29, 0.717) is 0 Å². The summed E-state index contributed by atoms with van der Waals surface area (Å²) in [5.41, 5.74) is 4.25. The van der Waals surface area contributed by atoms with E-state index in [2.05, 4.69) is 28.2 Å². The third-order valence-corrected chi connectivity index (χ3v) is 3.37. The van der Waals surface area contributed by atoms with Crippen molar-refractivity contribution in [1.29, 1.82) is 0 Å². The molecular formula is C18H16N2O. The molecule has 2 heterocycles. The first-order chi connectivity index (χ1) is 10.2. The summed E-state index contributed by atoms with van der Waals surface area (Å²) in [5, 5.41) is 1.04. The van der Waals surface area contributed by atoms with Crippen LogP contribution in [0.15, 0.2) is 54.9 Å². The van der Waals surface area contributed by atoms with Gasteiger partial charge in [0.25, 0.3) is 0 Å². The van der Waals surface area contributed by atoms with Crippen LogP contribution >= 0.6 is 0 Å². The molecule has 3 rings (SSSR count). The summed E-state index contributed by atoms with van der Waals surface area (Å²) in [7, 11) is 0. The lowest BCUT2D eigenvalue weighted by molar-refractivity contribution is -0.112. The lowest BCUT2D eigenvalue weighted by atomic mass is 10.0. The largest absolute Gasteiger partial charge is 0.346 e. The number of hydrogen-bond acceptors (Lipinski definition) is 2. The molecule has 3 heteroatoms. The van der Waals surface area contributed by atoms with Crippen molar-refractivity contribution in [3.8, 4) is 0 Å². The Balaban J connectivity index is 1.95. The molecule has 2 aromatic heterocycles. The Morgan fingerprint density at radius 2 is 2.05 bits per heavy atom. The topological polar surface area (TPSA) is 45.8 Å². The number of allylic oxidation sites excluding steroid dienone is 1. The SMILES string of the molecule is CC(=O)/C=C/c1c[nH]c2ncc(Cc3ccccc3)cc12. The lowest BCUT2D eigenvalue weighted by Gasteiger charge is -2.02. The van der Waals surface area contributed by atoms with Crippen molar-refractivity contribution < 1.29 is 4.79 Å². The molecule has 0 saturated carbocycles. The minimum absolute atomic E-state index is 0.0396. The van der Waals surface area contributed by atoms with E-state index in [1.807, 2.05) is 36.7 Å². The van der Waals surface area contributed by atoms with E-state index < -0.39 is 0 Å². The molecule has 3 nitrogen and oxygen atoms in total. The van der Waals surface area contributed by atoms with Gasteiger partial charge in [-0.3, -0.25) is 4.79 Å². The van der Waals surface area contributed by atoms with E-state index in [1.165, 1.54) is 5.56 Å². The van der Waals surface area contributed by atoms with Gasteiger partial charge in [-0.05, 0) is 42.7 Å². The molecule has 0 radical (unpaired) electrons. The van der Waals surface area contributed by atoms with Crippen LogP contribution in [0.5, 0.6) is 0 Å². The minimum atomic E-state index is 0.0396. The first kappa shape index (κ1) is 13.3. The molecule has 1 aromatic carbocycles. The van der Waals surface area contributed by atoms with Crippen LogP contribution in [0.2, 0.25) is 0 Å². The Bertz CT molecular complexity index is 800. The van der Waals surface area contributed by atoms with Crippen molar-refractivity contribution in [2.75, 3.05) is 0 Å². The molecular weight excluding hydrogens is 260 g/mol. The third-order valence-electron chi connectivity index (χ3n) is 3.37. The number of hydrogen-bond donors (Lipinski definition) is 1. The molecule has 0 aliphatic carbocycles. The molecule has 3 aromatic rings. The summed E-state index contributed by atoms with van der Waals surface area (Å²) in [6, 6.07) is 12.4. The van der Waals surface area contributed by atoms with Crippen LogP contribution in [0.4, 0.5) is 0 Å². The van der Waals surface area contributed by atoms with Gasteiger partial charge in [0, 0.05) is 23.3 Å². The molecule has 0 spiro atoms. The van der Waals surface area contributed by atoms with Crippen LogP contribution < -0.4 is 0 Å². The molecule has 0 unspecified atom stereocenters. The monoisotopic (exact) mass is 276 g/mol. The zero-order valence-corrected chi connectivity index (χ0v) is 11.8. The van der Waals surface area contributed by atoms with Crippen molar-refractivity contribution in [2.24, 2.45) is 0 Å². The highest BCUT2D eigenvalue weighted by molar-refractivity contribution is 5.95. The van der Waals surface area contributed by atoms with E-state index in [0.717, 1.165) is 28.6 Å². The van der Waals surface area contributed by atoms with Crippen LogP contribution in [0.25, 0.3) is 17.1 Å². The number of nitrogens with one attached hydrogen (secondary N) is 1. The molecule has 104 valence electrons. The second-order valence-electron chi connectivity index (χ2n) is 5.09. The highest BCUT2D eigenvalue weighted by Gasteiger charge is 2.04. The van der Waals surface area contributed by atoms with Gasteiger partial charge >= 0.3 is 0 Å². The Morgan fingerprint density at radius 3 is 2.81 bits per heavy atom. The van der Waals surface area contributed by atoms with Crippen molar-refractivity contribution in [3.63, 3.8) is 0 Å². The van der Waals surface area contributed by atoms with Crippen LogP contribution in [0.1, 0.15) is 23.6 Å². The van der Waals surface area contributed by atoms with Crippen LogP contribution in [0, 0.1) is 0 Å². The fourth-order valence-corrected chi connectivity index (χ4v) is 2.34. The quantitative estimate of drug-likeness (QED) is 0.737. The van der Waals surface area contributed by atoms with Crippen LogP contribution in [-0.4, -0.2) is 15.8 Å². The Kier molecular flexibility index (Phi) is 3.65. The molecule has 1 N–H and O–H groups in total. The molecule has 0 bridgehead atoms. The predicted molar refractivity (Wildman–Crippen MR) is 85.1 cm³/mol. The van der Waals surface area contributed by atoms with E-state index in [-0.39, 0.29) is 5.78 Å². The maximum atomic E-state index is 11.1. The molecule has 21 heavy (non-hydrogen) atoms. The second kappa shape index (κ2) is 5.75. The van der Waals surface area contributed by atoms with Gasteiger partial charge in [0.15, 0.2) is 5.78 Å². The van der Waals surface area contributed by atoms with Crippen LogP contribution in [-0.2, 0) is 11.2 Å². The van der Waals surface area contributed by atoms with Gasteiger partial charge in [-0.15, -0.1) is 0 Å². The second-order valence-corrected chi connectivity index (χ2v) is 5.09. The average Bonchev–Trinajstić information content (AvgIpc) is 2.88. The number of H-pyrrole nitrogens is 1. The zero-order chi connectivity index (χ0) is 14.7. The number of nitrogens with zero attached hydrogens (tertiary/aromatic N) is 1. The van der Waals surface area contributed by atoms with Gasteiger partial charge in [0.2, 0.25) is 0 Å². The highest BCUT2D eigenvalue weighted by Crippen LogP contribution is 2.20. The molecule has 0 amide bonds. The predicted octanol–water partition coefficient (Wildman–Crippen LogP) is 3.76. The number of pyridine rings is 1. The van der Waals surface area contributed by atoms with Gasteiger partial charge in [-0.1, -0.05) is 30.3 Å². The van der Waals surface area contributed by atoms with Crippen LogP contribution in [0.3, 0.4) is 0 Å². The summed E-state index contributed by atoms with van der Waals surface area (Å²) < 4.78 is 0. The van der Waals surface area contributed by atoms with Crippen molar-refractivity contribution in [3.05, 3.63) is 71.6 Å². The summed E-state index contributed by atoms with van der Waals surface area (Å²) >= 11 is 0. The molecule has 0 saturated heterocycles. The third kappa shape index (κ3) is 3.08. The average molecular weight is 276 g/mol. The van der Waals surface area contributed by atoms with Gasteiger partial charge in [-0.2, -0.15) is 0 Å². The first-order valence-corrected chi connectivity index (χ1v) is 6.91. The number of carbonyl (C=O) groups is 1. The van der Waals surface area contributed by atoms with Crippen molar-refractivity contribution in [2.45, 2.75) is 13.3 Å². The van der Waals surface area contributed by atoms with Crippen molar-refractivity contribution >= 4 is 22.9 Å². The molecule has 0 aliphatic heterocycles. The minimum Gasteiger partial charge on any atom is -0.346 e. The Hall–Kier alpha value is -2.68. The molecule has 0 atom stereocenters. The Morgan fingerprint density at radius 1 is 1.24 bits per heavy atom. The lowest BCUT2D eigenvalue weighted by Crippen LogP contribution is -1.89. The van der Waals surface area contributed by atoms with Gasteiger partial charge in [-0.25, -0.2) is 4.98 Å². The summed E-state index contributed by atoms with van der Waals surface area (Å²) in [6.07, 6.45) is 8.03. The number of fused-ring (bicyclic) bond motifs is 1. The summed E-state index contributed by atoms with van der Waals surface area (Å²) in [4.78, 5) is 18.7. The standard InChI is InChI=1S/C18H16N2O/c1-13(21)7-8-16-12-20-18-17(16)10-15(11-19-18)9-14-5-3-2-4-6-14/h2-8,10-12H,9H2,1H3,(H,19,20)/b8-7+. The number of carbonyl (C=O) groups excluding carboxylic acids is 1. The fourth-order valence-electron chi connectivity index (χ4n) is 2.34. The Labute approximate surface area is 123 Å². The number of aromatic amines is 1. The molecule has 0 fully saturated rings. The maximum Gasteiger partial charge on any atom is 0.152 e. The fraction of sp³-hybridized carbons (Fsp3) is 0.111. The number of rotatable bonds is 4. The maximum absolute atomic E-state index is 11.1. The van der Waals surface area contributed by atoms with E-state index in [4.69, 9.17) is 0 Å². The zero-order valence-electron chi connectivity index (χ0n) is 11.8. The number of aromatic nitrogens is 2. The first-order valence-electron chi connectivity index (χ1n) is 6.91. The molecule has 0 aliphatic rings. The van der Waals surface area contributed by atoms with Crippen molar-refractivity contribution in [1.82, 2.24) is 9.97 Å². The van der Waals surface area contributed by atoms with Gasteiger partial charge in [0.05, 0.1) is 0 Å². The smallest absolute Gasteiger partial charge is 0.152 e.